The number of methoxy groups -OCH3 is 1. The van der Waals surface area contributed by atoms with Gasteiger partial charge in [0, 0.05) is 11.6 Å². The summed E-state index contributed by atoms with van der Waals surface area (Å²) in [5.74, 6) is -0.516. The highest BCUT2D eigenvalue weighted by atomic mass is 16.7. The van der Waals surface area contributed by atoms with E-state index in [-0.39, 0.29) is 23.9 Å². The number of ether oxygens (including phenoxy) is 4. The molecule has 0 aliphatic carbocycles. The first-order chi connectivity index (χ1) is 12.9. The Hall–Kier alpha value is -3.62. The van der Waals surface area contributed by atoms with E-state index in [2.05, 4.69) is 0 Å². The lowest BCUT2D eigenvalue weighted by Crippen LogP contribution is -2.24. The summed E-state index contributed by atoms with van der Waals surface area (Å²) in [6.45, 7) is 1.29. The third-order valence-corrected chi connectivity index (χ3v) is 3.94. The molecule has 0 amide bonds. The van der Waals surface area contributed by atoms with Crippen LogP contribution in [0.4, 0.5) is 5.69 Å². The molecule has 3 rings (SSSR count). The smallest absolute Gasteiger partial charge is 0.346 e. The predicted molar refractivity (Wildman–Crippen MR) is 91.4 cm³/mol. The monoisotopic (exact) mass is 373 g/mol. The van der Waals surface area contributed by atoms with Gasteiger partial charge in [-0.3, -0.25) is 14.9 Å². The van der Waals surface area contributed by atoms with E-state index in [9.17, 15) is 19.7 Å². The van der Waals surface area contributed by atoms with Crippen molar-refractivity contribution in [1.29, 1.82) is 0 Å². The van der Waals surface area contributed by atoms with Crippen molar-refractivity contribution in [3.8, 4) is 17.2 Å². The van der Waals surface area contributed by atoms with Crippen LogP contribution in [-0.4, -0.2) is 36.7 Å². The summed E-state index contributed by atoms with van der Waals surface area (Å²) in [5, 5.41) is 11.3. The summed E-state index contributed by atoms with van der Waals surface area (Å²) in [6, 6.07) is 8.54. The van der Waals surface area contributed by atoms with Crippen molar-refractivity contribution in [2.75, 3.05) is 13.9 Å². The van der Waals surface area contributed by atoms with E-state index in [1.54, 1.807) is 12.1 Å². The van der Waals surface area contributed by atoms with Crippen LogP contribution in [0.2, 0.25) is 0 Å². The molecule has 9 heteroatoms. The summed E-state index contributed by atoms with van der Waals surface area (Å²) in [5.41, 5.74) is -0.497. The first-order valence-electron chi connectivity index (χ1n) is 7.88. The maximum atomic E-state index is 12.4. The lowest BCUT2D eigenvalue weighted by atomic mass is 10.1. The van der Waals surface area contributed by atoms with Crippen LogP contribution in [0.3, 0.4) is 0 Å². The van der Waals surface area contributed by atoms with Crippen molar-refractivity contribution in [1.82, 2.24) is 0 Å². The highest BCUT2D eigenvalue weighted by molar-refractivity contribution is 6.02. The van der Waals surface area contributed by atoms with Gasteiger partial charge in [-0.05, 0) is 31.2 Å². The molecule has 1 heterocycles. The number of ketones is 1. The van der Waals surface area contributed by atoms with Gasteiger partial charge in [0.15, 0.2) is 17.6 Å². The molecular weight excluding hydrogens is 358 g/mol. The Morgan fingerprint density at radius 1 is 1.15 bits per heavy atom. The third kappa shape index (κ3) is 3.66. The van der Waals surface area contributed by atoms with Crippen LogP contribution >= 0.6 is 0 Å². The zero-order chi connectivity index (χ0) is 19.6. The fourth-order valence-corrected chi connectivity index (χ4v) is 2.51. The van der Waals surface area contributed by atoms with Gasteiger partial charge in [-0.1, -0.05) is 0 Å². The molecule has 0 bridgehead atoms. The van der Waals surface area contributed by atoms with Crippen molar-refractivity contribution in [3.63, 3.8) is 0 Å². The molecule has 1 atom stereocenters. The van der Waals surface area contributed by atoms with E-state index in [4.69, 9.17) is 18.9 Å². The molecule has 0 aromatic heterocycles. The molecule has 140 valence electrons. The number of rotatable bonds is 6. The zero-order valence-electron chi connectivity index (χ0n) is 14.5. The molecule has 2 aromatic carbocycles. The van der Waals surface area contributed by atoms with Gasteiger partial charge in [-0.15, -0.1) is 0 Å². The van der Waals surface area contributed by atoms with Crippen LogP contribution in [0.15, 0.2) is 36.4 Å². The number of hydrogen-bond acceptors (Lipinski definition) is 8. The fourth-order valence-electron chi connectivity index (χ4n) is 2.51. The lowest BCUT2D eigenvalue weighted by molar-refractivity contribution is -0.385. The number of nitro benzene ring substituents is 1. The van der Waals surface area contributed by atoms with Gasteiger partial charge >= 0.3 is 5.97 Å². The Morgan fingerprint density at radius 3 is 2.37 bits per heavy atom. The number of carbonyl (C=O) groups is 2. The number of benzene rings is 2. The van der Waals surface area contributed by atoms with Crippen molar-refractivity contribution < 1.29 is 33.5 Å². The standard InChI is InChI=1S/C18H15NO8/c1-10(17(20)11-3-5-12(24-2)6-4-11)27-18(21)13-7-15-16(26-9-25-15)8-14(13)19(22)23/h3-8,10H,9H2,1-2H3. The van der Waals surface area contributed by atoms with Crippen LogP contribution in [0.5, 0.6) is 17.2 Å². The van der Waals surface area contributed by atoms with Crippen molar-refractivity contribution in [2.24, 2.45) is 0 Å². The van der Waals surface area contributed by atoms with Gasteiger partial charge in [0.1, 0.15) is 11.3 Å². The summed E-state index contributed by atoms with van der Waals surface area (Å²) in [4.78, 5) is 35.4. The van der Waals surface area contributed by atoms with Gasteiger partial charge < -0.3 is 18.9 Å². The first-order valence-corrected chi connectivity index (χ1v) is 7.88. The first kappa shape index (κ1) is 18.2. The third-order valence-electron chi connectivity index (χ3n) is 3.94. The number of fused-ring (bicyclic) bond motifs is 1. The topological polar surface area (TPSA) is 114 Å². The summed E-state index contributed by atoms with van der Waals surface area (Å²) >= 11 is 0. The molecule has 0 N–H and O–H groups in total. The second-order valence-corrected chi connectivity index (χ2v) is 5.62. The second kappa shape index (κ2) is 7.32. The Morgan fingerprint density at radius 2 is 1.78 bits per heavy atom. The number of carbonyl (C=O) groups excluding carboxylic acids is 2. The Labute approximate surface area is 153 Å². The van der Waals surface area contributed by atoms with E-state index < -0.39 is 28.5 Å². The van der Waals surface area contributed by atoms with E-state index in [0.29, 0.717) is 11.3 Å². The quantitative estimate of drug-likeness (QED) is 0.329. The van der Waals surface area contributed by atoms with E-state index in [1.165, 1.54) is 32.2 Å². The summed E-state index contributed by atoms with van der Waals surface area (Å²) in [7, 11) is 1.50. The molecule has 0 fully saturated rings. The summed E-state index contributed by atoms with van der Waals surface area (Å²) < 4.78 is 20.4. The minimum Gasteiger partial charge on any atom is -0.497 e. The normalized spacial score (nSPS) is 13.0. The molecule has 2 aromatic rings. The molecule has 27 heavy (non-hydrogen) atoms. The minimum atomic E-state index is -1.14. The Balaban J connectivity index is 1.80. The van der Waals surface area contributed by atoms with Gasteiger partial charge in [0.2, 0.25) is 12.6 Å². The van der Waals surface area contributed by atoms with E-state index >= 15 is 0 Å². The highest BCUT2D eigenvalue weighted by Gasteiger charge is 2.30. The molecule has 0 saturated carbocycles. The fraction of sp³-hybridized carbons (Fsp3) is 0.222. The molecule has 0 saturated heterocycles. The Bertz CT molecular complexity index is 906. The largest absolute Gasteiger partial charge is 0.497 e. The van der Waals surface area contributed by atoms with Crippen LogP contribution in [0, 0.1) is 10.1 Å². The lowest BCUT2D eigenvalue weighted by Gasteiger charge is -2.13. The number of nitrogens with zero attached hydrogens (tertiary/aromatic N) is 1. The van der Waals surface area contributed by atoms with Crippen molar-refractivity contribution in [3.05, 3.63) is 57.6 Å². The molecule has 0 radical (unpaired) electrons. The van der Waals surface area contributed by atoms with Crippen molar-refractivity contribution in [2.45, 2.75) is 13.0 Å². The van der Waals surface area contributed by atoms with Crippen LogP contribution < -0.4 is 14.2 Å². The molecule has 0 spiro atoms. The van der Waals surface area contributed by atoms with Gasteiger partial charge in [0.25, 0.3) is 5.69 Å². The molecule has 1 aliphatic rings. The van der Waals surface area contributed by atoms with Gasteiger partial charge in [-0.2, -0.15) is 0 Å². The minimum absolute atomic E-state index is 0.0999. The van der Waals surface area contributed by atoms with E-state index in [0.717, 1.165) is 6.07 Å². The maximum absolute atomic E-state index is 12.4. The number of esters is 1. The van der Waals surface area contributed by atoms with Gasteiger partial charge in [-0.25, -0.2) is 4.79 Å². The number of nitro groups is 1. The SMILES string of the molecule is COc1ccc(C(=O)C(C)OC(=O)c2cc3c(cc2[N+](=O)[O-])OCO3)cc1. The predicted octanol–water partition coefficient (Wildman–Crippen LogP) is 2.76. The molecule has 1 unspecified atom stereocenters. The maximum Gasteiger partial charge on any atom is 0.346 e. The molecule has 9 nitrogen and oxygen atoms in total. The Kier molecular flexibility index (Phi) is 4.93. The van der Waals surface area contributed by atoms with Crippen LogP contribution in [0.25, 0.3) is 0 Å². The molecule has 1 aliphatic heterocycles. The van der Waals surface area contributed by atoms with Crippen molar-refractivity contribution >= 4 is 17.4 Å². The summed E-state index contributed by atoms with van der Waals surface area (Å²) in [6.07, 6.45) is -1.14. The van der Waals surface area contributed by atoms with E-state index in [1.807, 2.05) is 0 Å². The second-order valence-electron chi connectivity index (χ2n) is 5.62. The number of hydrogen-bond donors (Lipinski definition) is 0. The van der Waals surface area contributed by atoms with Crippen LogP contribution in [-0.2, 0) is 4.74 Å². The highest BCUT2D eigenvalue weighted by Crippen LogP contribution is 2.38. The molecular formula is C18H15NO8. The average molecular weight is 373 g/mol. The van der Waals surface area contributed by atoms with Crippen LogP contribution in [0.1, 0.15) is 27.6 Å². The average Bonchev–Trinajstić information content (AvgIpc) is 3.13. The number of Topliss-reactive ketones (excluding diaryl/α,β-unsaturated/α-hetero) is 1. The zero-order valence-corrected chi connectivity index (χ0v) is 14.5. The van der Waals surface area contributed by atoms with Gasteiger partial charge in [0.05, 0.1) is 18.1 Å².